The molecular formula is C4H3ClIN. The Labute approximate surface area is 60.2 Å². The highest BCUT2D eigenvalue weighted by Crippen LogP contribution is 2.09. The van der Waals surface area contributed by atoms with Crippen LogP contribution in [0.1, 0.15) is 0 Å². The third-order valence-corrected chi connectivity index (χ3v) is 1.45. The number of halogens is 2. The van der Waals surface area contributed by atoms with Gasteiger partial charge in [0.25, 0.3) is 0 Å². The second-order valence-electron chi connectivity index (χ2n) is 1.17. The van der Waals surface area contributed by atoms with Crippen LogP contribution in [0.4, 0.5) is 0 Å². The van der Waals surface area contributed by atoms with Gasteiger partial charge >= 0.3 is 0 Å². The lowest BCUT2D eigenvalue weighted by Crippen LogP contribution is -1.49. The molecule has 1 N–H and O–H groups in total. The van der Waals surface area contributed by atoms with E-state index in [-0.39, 0.29) is 0 Å². The van der Waals surface area contributed by atoms with Crippen LogP contribution < -0.4 is 0 Å². The minimum absolute atomic E-state index is 0.699. The lowest BCUT2D eigenvalue weighted by molar-refractivity contribution is 1.41. The molecule has 38 valence electrons. The number of hydrogen-bond donors (Lipinski definition) is 1. The van der Waals surface area contributed by atoms with Crippen molar-refractivity contribution in [2.45, 2.75) is 0 Å². The van der Waals surface area contributed by atoms with Gasteiger partial charge in [-0.1, -0.05) is 11.6 Å². The molecule has 1 aromatic rings. The van der Waals surface area contributed by atoms with Crippen molar-refractivity contribution in [2.75, 3.05) is 0 Å². The summed E-state index contributed by atoms with van der Waals surface area (Å²) in [4.78, 5) is 2.83. The van der Waals surface area contributed by atoms with E-state index in [1.54, 1.807) is 0 Å². The molecule has 7 heavy (non-hydrogen) atoms. The van der Waals surface area contributed by atoms with Crippen LogP contribution in [-0.4, -0.2) is 4.98 Å². The molecule has 1 rings (SSSR count). The van der Waals surface area contributed by atoms with Crippen molar-refractivity contribution in [1.82, 2.24) is 4.98 Å². The average Bonchev–Trinajstić information content (AvgIpc) is 1.87. The van der Waals surface area contributed by atoms with Crippen molar-refractivity contribution in [3.63, 3.8) is 0 Å². The molecule has 0 bridgehead atoms. The summed E-state index contributed by atoms with van der Waals surface area (Å²) >= 11 is 7.69. The molecule has 3 heteroatoms. The molecule has 0 amide bonds. The molecule has 1 aromatic heterocycles. The summed E-state index contributed by atoms with van der Waals surface area (Å²) in [6.07, 6.45) is 1.85. The Kier molecular flexibility index (Phi) is 1.59. The Hall–Kier alpha value is 0.300. The van der Waals surface area contributed by atoms with Gasteiger partial charge in [0, 0.05) is 9.77 Å². The quantitative estimate of drug-likeness (QED) is 0.655. The third-order valence-electron chi connectivity index (χ3n) is 0.613. The van der Waals surface area contributed by atoms with Gasteiger partial charge < -0.3 is 4.98 Å². The van der Waals surface area contributed by atoms with Gasteiger partial charge in [0.1, 0.15) is 5.15 Å². The Morgan fingerprint density at radius 2 is 2.43 bits per heavy atom. The number of H-pyrrole nitrogens is 1. The lowest BCUT2D eigenvalue weighted by Gasteiger charge is -1.67. The number of nitrogens with one attached hydrogen (secondary N) is 1. The van der Waals surface area contributed by atoms with Gasteiger partial charge in [0.2, 0.25) is 0 Å². The molecule has 0 aliphatic heterocycles. The van der Waals surface area contributed by atoms with E-state index in [1.807, 2.05) is 12.3 Å². The summed E-state index contributed by atoms with van der Waals surface area (Å²) in [5.41, 5.74) is 0. The molecule has 0 fully saturated rings. The van der Waals surface area contributed by atoms with Crippen molar-refractivity contribution < 1.29 is 0 Å². The van der Waals surface area contributed by atoms with Gasteiger partial charge in [-0.2, -0.15) is 0 Å². The summed E-state index contributed by atoms with van der Waals surface area (Å²) in [7, 11) is 0. The normalized spacial score (nSPS) is 9.43. The Bertz CT molecular complexity index is 144. The van der Waals surface area contributed by atoms with Crippen molar-refractivity contribution in [1.29, 1.82) is 0 Å². The molecule has 0 aromatic carbocycles. The smallest absolute Gasteiger partial charge is 0.107 e. The van der Waals surface area contributed by atoms with E-state index in [0.29, 0.717) is 5.15 Å². The van der Waals surface area contributed by atoms with Crippen molar-refractivity contribution in [3.05, 3.63) is 21.0 Å². The van der Waals surface area contributed by atoms with Gasteiger partial charge in [-0.3, -0.25) is 0 Å². The van der Waals surface area contributed by atoms with Crippen LogP contribution in [0.2, 0.25) is 5.15 Å². The molecule has 0 aliphatic carbocycles. The zero-order valence-electron chi connectivity index (χ0n) is 3.41. The Balaban J connectivity index is 3.04. The zero-order chi connectivity index (χ0) is 5.28. The van der Waals surface area contributed by atoms with Gasteiger partial charge in [0.05, 0.1) is 0 Å². The predicted molar refractivity (Wildman–Crippen MR) is 38.5 cm³/mol. The molecule has 0 aliphatic rings. The summed E-state index contributed by atoms with van der Waals surface area (Å²) in [5.74, 6) is 0. The molecule has 0 radical (unpaired) electrons. The molecule has 0 saturated carbocycles. The highest BCUT2D eigenvalue weighted by atomic mass is 127. The number of aromatic nitrogens is 1. The number of hydrogen-bond acceptors (Lipinski definition) is 0. The topological polar surface area (TPSA) is 15.8 Å². The maximum absolute atomic E-state index is 5.50. The van der Waals surface area contributed by atoms with E-state index >= 15 is 0 Å². The third kappa shape index (κ3) is 1.35. The van der Waals surface area contributed by atoms with E-state index in [1.165, 1.54) is 0 Å². The maximum atomic E-state index is 5.50. The largest absolute Gasteiger partial charge is 0.351 e. The van der Waals surface area contributed by atoms with Crippen molar-refractivity contribution >= 4 is 34.2 Å². The first-order chi connectivity index (χ1) is 3.29. The van der Waals surface area contributed by atoms with Crippen LogP contribution in [0.5, 0.6) is 0 Å². The number of rotatable bonds is 0. The number of aromatic amines is 1. The van der Waals surface area contributed by atoms with E-state index in [4.69, 9.17) is 11.6 Å². The molecule has 1 nitrogen and oxygen atoms in total. The fourth-order valence-electron chi connectivity index (χ4n) is 0.342. The minimum atomic E-state index is 0.699. The average molecular weight is 227 g/mol. The van der Waals surface area contributed by atoms with Crippen LogP contribution in [0.25, 0.3) is 0 Å². The first-order valence-corrected chi connectivity index (χ1v) is 3.24. The molecule has 0 unspecified atom stereocenters. The monoisotopic (exact) mass is 227 g/mol. The molecule has 0 atom stereocenters. The highest BCUT2D eigenvalue weighted by Gasteiger charge is 1.86. The summed E-state index contributed by atoms with van der Waals surface area (Å²) in [6.45, 7) is 0. The van der Waals surface area contributed by atoms with E-state index in [2.05, 4.69) is 27.6 Å². The van der Waals surface area contributed by atoms with E-state index in [9.17, 15) is 0 Å². The molecule has 0 spiro atoms. The molecule has 0 saturated heterocycles. The van der Waals surface area contributed by atoms with E-state index in [0.717, 1.165) is 3.57 Å². The summed E-state index contributed by atoms with van der Waals surface area (Å²) in [5, 5.41) is 0.699. The Morgan fingerprint density at radius 1 is 1.71 bits per heavy atom. The van der Waals surface area contributed by atoms with Gasteiger partial charge in [-0.25, -0.2) is 0 Å². The van der Waals surface area contributed by atoms with Crippen molar-refractivity contribution in [2.24, 2.45) is 0 Å². The van der Waals surface area contributed by atoms with Gasteiger partial charge in [-0.05, 0) is 28.7 Å². The second-order valence-corrected chi connectivity index (χ2v) is 2.82. The first-order valence-electron chi connectivity index (χ1n) is 1.78. The lowest BCUT2D eigenvalue weighted by atomic mass is 10.7. The summed E-state index contributed by atoms with van der Waals surface area (Å²) in [6, 6.07) is 1.86. The maximum Gasteiger partial charge on any atom is 0.107 e. The van der Waals surface area contributed by atoms with Crippen molar-refractivity contribution in [3.8, 4) is 0 Å². The molecule has 1 heterocycles. The highest BCUT2D eigenvalue weighted by molar-refractivity contribution is 14.1. The SMILES string of the molecule is Clc1cc(I)c[nH]1. The van der Waals surface area contributed by atoms with Crippen LogP contribution in [0.3, 0.4) is 0 Å². The fourth-order valence-corrected chi connectivity index (χ4v) is 1.17. The van der Waals surface area contributed by atoms with Gasteiger partial charge in [-0.15, -0.1) is 0 Å². The van der Waals surface area contributed by atoms with Crippen LogP contribution in [-0.2, 0) is 0 Å². The minimum Gasteiger partial charge on any atom is -0.351 e. The first kappa shape index (κ1) is 5.44. The fraction of sp³-hybridized carbons (Fsp3) is 0. The van der Waals surface area contributed by atoms with Gasteiger partial charge in [0.15, 0.2) is 0 Å². The van der Waals surface area contributed by atoms with Crippen LogP contribution in [0, 0.1) is 3.57 Å². The van der Waals surface area contributed by atoms with Crippen LogP contribution >= 0.6 is 34.2 Å². The van der Waals surface area contributed by atoms with E-state index < -0.39 is 0 Å². The standard InChI is InChI=1S/C4H3ClIN/c5-4-1-3(6)2-7-4/h1-2,7H. The zero-order valence-corrected chi connectivity index (χ0v) is 6.32. The summed E-state index contributed by atoms with van der Waals surface area (Å²) < 4.78 is 1.14. The van der Waals surface area contributed by atoms with Crippen LogP contribution in [0.15, 0.2) is 12.3 Å². The Morgan fingerprint density at radius 3 is 2.57 bits per heavy atom. The second kappa shape index (κ2) is 2.05. The molecular weight excluding hydrogens is 224 g/mol. The predicted octanol–water partition coefficient (Wildman–Crippen LogP) is 2.27.